The molecule has 0 bridgehead atoms. The van der Waals surface area contributed by atoms with Crippen LogP contribution in [0.2, 0.25) is 0 Å². The average Bonchev–Trinajstić information content (AvgIpc) is 2.87. The molecule has 112 valence electrons. The zero-order valence-corrected chi connectivity index (χ0v) is 13.2. The van der Waals surface area contributed by atoms with Crippen LogP contribution in [-0.2, 0) is 4.74 Å². The lowest BCUT2D eigenvalue weighted by molar-refractivity contribution is 0.0488. The Morgan fingerprint density at radius 3 is 2.67 bits per heavy atom. The van der Waals surface area contributed by atoms with Crippen molar-refractivity contribution in [3.63, 3.8) is 0 Å². The Kier molecular flexibility index (Phi) is 4.46. The number of rotatable bonds is 4. The second-order valence-corrected chi connectivity index (χ2v) is 5.36. The van der Waals surface area contributed by atoms with Crippen molar-refractivity contribution in [2.24, 2.45) is 0 Å². The number of ether oxygens (including phenoxy) is 1. The van der Waals surface area contributed by atoms with Crippen molar-refractivity contribution in [3.05, 3.63) is 40.8 Å². The standard InChI is InChI=1S/C17H21NO3/c1-6-20-17(19)15-14(10(2)3)18-16(21-15)13-9-7-8-11(4)12(13)5/h7-10H,6H2,1-5H3. The third kappa shape index (κ3) is 2.99. The summed E-state index contributed by atoms with van der Waals surface area (Å²) in [4.78, 5) is 16.5. The molecule has 0 unspecified atom stereocenters. The van der Waals surface area contributed by atoms with Crippen LogP contribution in [0.25, 0.3) is 11.5 Å². The summed E-state index contributed by atoms with van der Waals surface area (Å²) in [6.07, 6.45) is 0. The van der Waals surface area contributed by atoms with Crippen molar-refractivity contribution < 1.29 is 13.9 Å². The van der Waals surface area contributed by atoms with Crippen LogP contribution in [0.3, 0.4) is 0 Å². The Labute approximate surface area is 125 Å². The minimum atomic E-state index is -0.453. The molecule has 4 heteroatoms. The van der Waals surface area contributed by atoms with Crippen LogP contribution in [0.4, 0.5) is 0 Å². The molecule has 0 atom stereocenters. The maximum Gasteiger partial charge on any atom is 0.376 e. The van der Waals surface area contributed by atoms with E-state index in [9.17, 15) is 4.79 Å². The highest BCUT2D eigenvalue weighted by Crippen LogP contribution is 2.30. The summed E-state index contributed by atoms with van der Waals surface area (Å²) in [6, 6.07) is 5.95. The lowest BCUT2D eigenvalue weighted by Crippen LogP contribution is -2.07. The molecule has 0 spiro atoms. The third-order valence-corrected chi connectivity index (χ3v) is 3.50. The second kappa shape index (κ2) is 6.12. The average molecular weight is 287 g/mol. The van der Waals surface area contributed by atoms with Crippen LogP contribution in [0.15, 0.2) is 22.6 Å². The molecule has 1 heterocycles. The van der Waals surface area contributed by atoms with Gasteiger partial charge in [-0.25, -0.2) is 9.78 Å². The number of esters is 1. The lowest BCUT2D eigenvalue weighted by atomic mass is 10.0. The molecule has 0 aliphatic carbocycles. The zero-order valence-electron chi connectivity index (χ0n) is 13.2. The summed E-state index contributed by atoms with van der Waals surface area (Å²) in [5.74, 6) is 0.322. The van der Waals surface area contributed by atoms with Gasteiger partial charge in [-0.3, -0.25) is 0 Å². The van der Waals surface area contributed by atoms with E-state index in [1.165, 1.54) is 0 Å². The van der Waals surface area contributed by atoms with Gasteiger partial charge in [0, 0.05) is 5.56 Å². The molecule has 0 aliphatic heterocycles. The van der Waals surface area contributed by atoms with Gasteiger partial charge in [0.15, 0.2) is 0 Å². The van der Waals surface area contributed by atoms with Crippen LogP contribution in [0, 0.1) is 13.8 Å². The maximum atomic E-state index is 12.0. The molecule has 1 aromatic heterocycles. The molecule has 1 aromatic carbocycles. The number of benzene rings is 1. The normalized spacial score (nSPS) is 11.0. The summed E-state index contributed by atoms with van der Waals surface area (Å²) in [5.41, 5.74) is 3.82. The zero-order chi connectivity index (χ0) is 15.6. The predicted octanol–water partition coefficient (Wildman–Crippen LogP) is 4.26. The van der Waals surface area contributed by atoms with Crippen molar-refractivity contribution in [3.8, 4) is 11.5 Å². The summed E-state index contributed by atoms with van der Waals surface area (Å²) in [7, 11) is 0. The van der Waals surface area contributed by atoms with Crippen molar-refractivity contribution in [2.45, 2.75) is 40.5 Å². The Morgan fingerprint density at radius 1 is 1.33 bits per heavy atom. The van der Waals surface area contributed by atoms with Crippen LogP contribution >= 0.6 is 0 Å². The van der Waals surface area contributed by atoms with Crippen molar-refractivity contribution in [1.29, 1.82) is 0 Å². The molecule has 2 rings (SSSR count). The highest BCUT2D eigenvalue weighted by molar-refractivity contribution is 5.88. The van der Waals surface area contributed by atoms with Crippen molar-refractivity contribution in [1.82, 2.24) is 4.98 Å². The molecule has 0 fully saturated rings. The fraction of sp³-hybridized carbons (Fsp3) is 0.412. The van der Waals surface area contributed by atoms with Crippen molar-refractivity contribution in [2.75, 3.05) is 6.61 Å². The van der Waals surface area contributed by atoms with Crippen molar-refractivity contribution >= 4 is 5.97 Å². The number of aryl methyl sites for hydroxylation is 1. The van der Waals surface area contributed by atoms with Gasteiger partial charge in [-0.05, 0) is 43.9 Å². The van der Waals surface area contributed by atoms with E-state index in [-0.39, 0.29) is 11.7 Å². The first-order valence-corrected chi connectivity index (χ1v) is 7.20. The first-order chi connectivity index (χ1) is 9.95. The van der Waals surface area contributed by atoms with Crippen LogP contribution in [0.5, 0.6) is 0 Å². The van der Waals surface area contributed by atoms with E-state index in [1.807, 2.05) is 45.9 Å². The number of hydrogen-bond acceptors (Lipinski definition) is 4. The molecular weight excluding hydrogens is 266 g/mol. The molecule has 0 aliphatic rings. The maximum absolute atomic E-state index is 12.0. The van der Waals surface area contributed by atoms with Gasteiger partial charge in [0.05, 0.1) is 12.3 Å². The van der Waals surface area contributed by atoms with Gasteiger partial charge in [-0.2, -0.15) is 0 Å². The van der Waals surface area contributed by atoms with Gasteiger partial charge >= 0.3 is 5.97 Å². The molecule has 2 aromatic rings. The van der Waals surface area contributed by atoms with E-state index in [4.69, 9.17) is 9.15 Å². The fourth-order valence-electron chi connectivity index (χ4n) is 2.16. The van der Waals surface area contributed by atoms with E-state index in [1.54, 1.807) is 6.92 Å². The Balaban J connectivity index is 2.54. The van der Waals surface area contributed by atoms with Gasteiger partial charge in [0.25, 0.3) is 0 Å². The highest BCUT2D eigenvalue weighted by atomic mass is 16.5. The lowest BCUT2D eigenvalue weighted by Gasteiger charge is -2.04. The Morgan fingerprint density at radius 2 is 2.05 bits per heavy atom. The van der Waals surface area contributed by atoms with Crippen LogP contribution in [0.1, 0.15) is 54.1 Å². The number of nitrogens with zero attached hydrogens (tertiary/aromatic N) is 1. The quantitative estimate of drug-likeness (QED) is 0.788. The summed E-state index contributed by atoms with van der Waals surface area (Å²) >= 11 is 0. The molecule has 21 heavy (non-hydrogen) atoms. The summed E-state index contributed by atoms with van der Waals surface area (Å²) < 4.78 is 10.8. The van der Waals surface area contributed by atoms with Gasteiger partial charge in [0.2, 0.25) is 11.7 Å². The number of hydrogen-bond donors (Lipinski definition) is 0. The minimum Gasteiger partial charge on any atom is -0.460 e. The third-order valence-electron chi connectivity index (χ3n) is 3.50. The molecule has 0 N–H and O–H groups in total. The molecule has 0 saturated carbocycles. The number of carbonyl (C=O) groups excluding carboxylic acids is 1. The van der Waals surface area contributed by atoms with E-state index < -0.39 is 5.97 Å². The molecule has 0 amide bonds. The summed E-state index contributed by atoms with van der Waals surface area (Å²) in [5, 5.41) is 0. The molecule has 4 nitrogen and oxygen atoms in total. The first-order valence-electron chi connectivity index (χ1n) is 7.20. The number of aromatic nitrogens is 1. The number of carbonyl (C=O) groups is 1. The van der Waals surface area contributed by atoms with E-state index in [0.29, 0.717) is 18.2 Å². The van der Waals surface area contributed by atoms with E-state index in [2.05, 4.69) is 4.98 Å². The van der Waals surface area contributed by atoms with Gasteiger partial charge in [-0.1, -0.05) is 26.0 Å². The molecule has 0 radical (unpaired) electrons. The van der Waals surface area contributed by atoms with Gasteiger partial charge in [-0.15, -0.1) is 0 Å². The van der Waals surface area contributed by atoms with Crippen LogP contribution < -0.4 is 0 Å². The number of oxazole rings is 1. The topological polar surface area (TPSA) is 52.3 Å². The largest absolute Gasteiger partial charge is 0.460 e. The highest BCUT2D eigenvalue weighted by Gasteiger charge is 2.24. The van der Waals surface area contributed by atoms with E-state index in [0.717, 1.165) is 16.7 Å². The monoisotopic (exact) mass is 287 g/mol. The van der Waals surface area contributed by atoms with Gasteiger partial charge in [0.1, 0.15) is 0 Å². The SMILES string of the molecule is CCOC(=O)c1oc(-c2cccc(C)c2C)nc1C(C)C. The Bertz CT molecular complexity index is 656. The molecular formula is C17H21NO3. The van der Waals surface area contributed by atoms with Crippen LogP contribution in [-0.4, -0.2) is 17.6 Å². The predicted molar refractivity (Wildman–Crippen MR) is 81.5 cm³/mol. The first kappa shape index (κ1) is 15.3. The second-order valence-electron chi connectivity index (χ2n) is 5.36. The minimum absolute atomic E-state index is 0.0898. The smallest absolute Gasteiger partial charge is 0.376 e. The van der Waals surface area contributed by atoms with E-state index >= 15 is 0 Å². The fourth-order valence-corrected chi connectivity index (χ4v) is 2.16. The van der Waals surface area contributed by atoms with Gasteiger partial charge < -0.3 is 9.15 Å². The molecule has 0 saturated heterocycles. The Hall–Kier alpha value is -2.10. The summed E-state index contributed by atoms with van der Waals surface area (Å²) in [6.45, 7) is 10.1.